The Hall–Kier alpha value is -0.990. The molecule has 0 aliphatic carbocycles. The van der Waals surface area contributed by atoms with Crippen LogP contribution in [-0.2, 0) is 10.0 Å². The van der Waals surface area contributed by atoms with Crippen molar-refractivity contribution in [3.05, 3.63) is 11.2 Å². The molecule has 1 N–H and O–H groups in total. The summed E-state index contributed by atoms with van der Waals surface area (Å²) in [6.45, 7) is 4.25. The monoisotopic (exact) mass is 290 g/mol. The molecule has 6 nitrogen and oxygen atoms in total. The highest BCUT2D eigenvalue weighted by molar-refractivity contribution is 7.91. The average Bonchev–Trinajstić information content (AvgIpc) is 2.84. The van der Waals surface area contributed by atoms with Crippen molar-refractivity contribution in [3.8, 4) is 0 Å². The number of carboxylic acid groups (broad SMARTS) is 1. The molecule has 2 heterocycles. The van der Waals surface area contributed by atoms with Crippen molar-refractivity contribution in [2.24, 2.45) is 5.92 Å². The topological polar surface area (TPSA) is 87.6 Å². The van der Waals surface area contributed by atoms with Crippen LogP contribution in [0.25, 0.3) is 0 Å². The first kappa shape index (κ1) is 13.4. The van der Waals surface area contributed by atoms with E-state index in [-0.39, 0.29) is 21.9 Å². The largest absolute Gasteiger partial charge is 0.476 e. The van der Waals surface area contributed by atoms with Crippen molar-refractivity contribution in [1.29, 1.82) is 0 Å². The standard InChI is InChI=1S/C10H14N2O4S2/c1-6-3-7(2)12(4-6)18(15,16)10-8(9(13)14)11-5-17-10/h5-7H,3-4H2,1-2H3,(H,13,14). The lowest BCUT2D eigenvalue weighted by atomic mass is 10.1. The molecule has 0 amide bonds. The highest BCUT2D eigenvalue weighted by atomic mass is 32.2. The molecule has 0 saturated carbocycles. The molecule has 1 aliphatic heterocycles. The van der Waals surface area contributed by atoms with Gasteiger partial charge in [0.25, 0.3) is 10.0 Å². The Labute approximate surface area is 109 Å². The van der Waals surface area contributed by atoms with Crippen LogP contribution in [0.3, 0.4) is 0 Å². The lowest BCUT2D eigenvalue weighted by Gasteiger charge is -2.19. The summed E-state index contributed by atoms with van der Waals surface area (Å²) in [4.78, 5) is 14.6. The Kier molecular flexibility index (Phi) is 3.43. The first-order valence-corrected chi connectivity index (χ1v) is 7.84. The molecule has 0 bridgehead atoms. The molecular weight excluding hydrogens is 276 g/mol. The Morgan fingerprint density at radius 2 is 2.22 bits per heavy atom. The molecule has 1 aromatic rings. The van der Waals surface area contributed by atoms with Gasteiger partial charge in [-0.1, -0.05) is 6.92 Å². The van der Waals surface area contributed by atoms with E-state index in [1.54, 1.807) is 0 Å². The minimum Gasteiger partial charge on any atom is -0.476 e. The molecule has 0 aromatic carbocycles. The van der Waals surface area contributed by atoms with Gasteiger partial charge in [-0.25, -0.2) is 18.2 Å². The van der Waals surface area contributed by atoms with Gasteiger partial charge in [0.05, 0.1) is 5.51 Å². The smallest absolute Gasteiger partial charge is 0.356 e. The zero-order chi connectivity index (χ0) is 13.5. The van der Waals surface area contributed by atoms with Crippen molar-refractivity contribution >= 4 is 27.3 Å². The van der Waals surface area contributed by atoms with Gasteiger partial charge in [-0.3, -0.25) is 0 Å². The van der Waals surface area contributed by atoms with Crippen molar-refractivity contribution in [3.63, 3.8) is 0 Å². The van der Waals surface area contributed by atoms with Gasteiger partial charge in [0.2, 0.25) is 0 Å². The highest BCUT2D eigenvalue weighted by Gasteiger charge is 2.39. The van der Waals surface area contributed by atoms with Crippen LogP contribution in [0, 0.1) is 5.92 Å². The quantitative estimate of drug-likeness (QED) is 0.905. The van der Waals surface area contributed by atoms with Gasteiger partial charge in [0.15, 0.2) is 9.90 Å². The van der Waals surface area contributed by atoms with Crippen molar-refractivity contribution in [2.45, 2.75) is 30.5 Å². The lowest BCUT2D eigenvalue weighted by Crippen LogP contribution is -2.34. The molecule has 0 spiro atoms. The highest BCUT2D eigenvalue weighted by Crippen LogP contribution is 2.32. The van der Waals surface area contributed by atoms with Gasteiger partial charge in [-0.15, -0.1) is 11.3 Å². The van der Waals surface area contributed by atoms with Crippen LogP contribution in [0.2, 0.25) is 0 Å². The fraction of sp³-hybridized carbons (Fsp3) is 0.600. The fourth-order valence-electron chi connectivity index (χ4n) is 2.26. The van der Waals surface area contributed by atoms with Crippen molar-refractivity contribution in [1.82, 2.24) is 9.29 Å². The van der Waals surface area contributed by atoms with Crippen LogP contribution in [-0.4, -0.2) is 41.4 Å². The van der Waals surface area contributed by atoms with Crippen LogP contribution in [0.1, 0.15) is 30.8 Å². The first-order valence-electron chi connectivity index (χ1n) is 5.52. The lowest BCUT2D eigenvalue weighted by molar-refractivity contribution is 0.0687. The van der Waals surface area contributed by atoms with Crippen LogP contribution >= 0.6 is 11.3 Å². The first-order chi connectivity index (χ1) is 8.34. The average molecular weight is 290 g/mol. The van der Waals surface area contributed by atoms with E-state index in [0.717, 1.165) is 17.8 Å². The SMILES string of the molecule is CC1CC(C)N(S(=O)(=O)c2scnc2C(=O)O)C1. The summed E-state index contributed by atoms with van der Waals surface area (Å²) in [7, 11) is -3.74. The number of rotatable bonds is 3. The van der Waals surface area contributed by atoms with Gasteiger partial charge in [-0.05, 0) is 19.3 Å². The minimum absolute atomic E-state index is 0.103. The van der Waals surface area contributed by atoms with Gasteiger partial charge >= 0.3 is 5.97 Å². The molecule has 18 heavy (non-hydrogen) atoms. The van der Waals surface area contributed by atoms with E-state index in [4.69, 9.17) is 5.11 Å². The third-order valence-corrected chi connectivity index (χ3v) is 6.33. The minimum atomic E-state index is -3.74. The van der Waals surface area contributed by atoms with E-state index in [2.05, 4.69) is 4.98 Å². The van der Waals surface area contributed by atoms with E-state index >= 15 is 0 Å². The summed E-state index contributed by atoms with van der Waals surface area (Å²) >= 11 is 0.853. The van der Waals surface area contributed by atoms with E-state index < -0.39 is 16.0 Å². The summed E-state index contributed by atoms with van der Waals surface area (Å²) < 4.78 is 26.0. The number of aromatic carboxylic acids is 1. The second-order valence-corrected chi connectivity index (χ2v) is 7.50. The van der Waals surface area contributed by atoms with Crippen LogP contribution in [0.15, 0.2) is 9.72 Å². The number of nitrogens with zero attached hydrogens (tertiary/aromatic N) is 2. The predicted octanol–water partition coefficient (Wildman–Crippen LogP) is 1.26. The third-order valence-electron chi connectivity index (χ3n) is 3.01. The maximum absolute atomic E-state index is 12.4. The zero-order valence-electron chi connectivity index (χ0n) is 10.0. The molecule has 2 atom stereocenters. The summed E-state index contributed by atoms with van der Waals surface area (Å²) in [5.74, 6) is -1.02. The Bertz CT molecular complexity index is 566. The summed E-state index contributed by atoms with van der Waals surface area (Å²) in [5, 5.41) is 8.94. The third kappa shape index (κ3) is 2.15. The summed E-state index contributed by atoms with van der Waals surface area (Å²) in [5.41, 5.74) is 0.868. The summed E-state index contributed by atoms with van der Waals surface area (Å²) in [6.07, 6.45) is 0.792. The number of hydrogen-bond donors (Lipinski definition) is 1. The van der Waals surface area contributed by atoms with Gasteiger partial charge < -0.3 is 5.11 Å². The molecule has 8 heteroatoms. The Morgan fingerprint density at radius 1 is 1.56 bits per heavy atom. The molecule has 1 aromatic heterocycles. The van der Waals surface area contributed by atoms with Crippen LogP contribution in [0.4, 0.5) is 0 Å². The second kappa shape index (κ2) is 4.60. The predicted molar refractivity (Wildman–Crippen MR) is 66.2 cm³/mol. The molecule has 1 aliphatic rings. The maximum Gasteiger partial charge on any atom is 0.356 e. The van der Waals surface area contributed by atoms with Crippen molar-refractivity contribution in [2.75, 3.05) is 6.54 Å². The summed E-state index contributed by atoms with van der Waals surface area (Å²) in [6, 6.07) is -0.103. The molecule has 1 fully saturated rings. The van der Waals surface area contributed by atoms with E-state index in [0.29, 0.717) is 6.54 Å². The molecule has 2 rings (SSSR count). The van der Waals surface area contributed by atoms with Crippen molar-refractivity contribution < 1.29 is 18.3 Å². The normalized spacial score (nSPS) is 25.4. The fourth-order valence-corrected chi connectivity index (χ4v) is 5.28. The molecule has 1 saturated heterocycles. The maximum atomic E-state index is 12.4. The molecule has 0 radical (unpaired) electrons. The molecular formula is C10H14N2O4S2. The van der Waals surface area contributed by atoms with E-state index in [1.165, 1.54) is 9.82 Å². The second-order valence-electron chi connectivity index (χ2n) is 4.56. The zero-order valence-corrected chi connectivity index (χ0v) is 11.7. The number of aromatic nitrogens is 1. The van der Waals surface area contributed by atoms with Gasteiger partial charge in [-0.2, -0.15) is 4.31 Å². The Balaban J connectivity index is 2.43. The van der Waals surface area contributed by atoms with Gasteiger partial charge in [0.1, 0.15) is 0 Å². The number of thiazole rings is 1. The number of hydrogen-bond acceptors (Lipinski definition) is 5. The number of carboxylic acids is 1. The Morgan fingerprint density at radius 3 is 2.72 bits per heavy atom. The number of sulfonamides is 1. The van der Waals surface area contributed by atoms with Gasteiger partial charge in [0, 0.05) is 12.6 Å². The molecule has 100 valence electrons. The van der Waals surface area contributed by atoms with Crippen LogP contribution < -0.4 is 0 Å². The molecule has 2 unspecified atom stereocenters. The number of carbonyl (C=O) groups is 1. The van der Waals surface area contributed by atoms with E-state index in [9.17, 15) is 13.2 Å². The van der Waals surface area contributed by atoms with E-state index in [1.807, 2.05) is 13.8 Å². The van der Waals surface area contributed by atoms with Crippen LogP contribution in [0.5, 0.6) is 0 Å².